The molecular weight excluding hydrogens is 774 g/mol. The summed E-state index contributed by atoms with van der Waals surface area (Å²) in [5.41, 5.74) is -0.596. The maximum Gasteiger partial charge on any atom is 0.257 e. The molecule has 3 aromatic carbocycles. The number of ether oxygens (including phenoxy) is 2. The number of anilines is 1. The molecule has 3 aromatic rings. The highest BCUT2D eigenvalue weighted by Gasteiger charge is 2.64. The Morgan fingerprint density at radius 3 is 2.31 bits per heavy atom. The van der Waals surface area contributed by atoms with E-state index < -0.39 is 70.0 Å². The Morgan fingerprint density at radius 2 is 1.67 bits per heavy atom. The van der Waals surface area contributed by atoms with Crippen LogP contribution in [0, 0.1) is 33.8 Å². The first kappa shape index (κ1) is 40.9. The van der Waals surface area contributed by atoms with E-state index in [1.54, 1.807) is 36.4 Å². The lowest BCUT2D eigenvalue weighted by molar-refractivity contribution is -0.164. The molecule has 1 saturated carbocycles. The number of amides is 4. The summed E-state index contributed by atoms with van der Waals surface area (Å²) >= 11 is 6.20. The molecule has 4 aliphatic rings. The zero-order chi connectivity index (χ0) is 41.7. The van der Waals surface area contributed by atoms with Crippen LogP contribution in [0.1, 0.15) is 85.0 Å². The van der Waals surface area contributed by atoms with Crippen molar-refractivity contribution in [3.8, 4) is 17.6 Å². The summed E-state index contributed by atoms with van der Waals surface area (Å²) in [4.78, 5) is 55.5. The quantitative estimate of drug-likeness (QED) is 0.178. The molecule has 1 aliphatic carbocycles. The minimum atomic E-state index is -1.34. The van der Waals surface area contributed by atoms with Crippen molar-refractivity contribution in [1.82, 2.24) is 20.4 Å². The second kappa shape index (κ2) is 15.8. The van der Waals surface area contributed by atoms with E-state index in [2.05, 4.69) is 15.5 Å². The molecule has 3 N–H and O–H groups in total. The molecular formula is C42H45ClF2N6O7. The zero-order valence-corrected chi connectivity index (χ0v) is 33.4. The van der Waals surface area contributed by atoms with Crippen LogP contribution in [-0.4, -0.2) is 96.1 Å². The van der Waals surface area contributed by atoms with E-state index in [9.17, 15) is 29.5 Å². The fraction of sp³-hybridized carbons (Fsp3) is 0.452. The fourth-order valence-electron chi connectivity index (χ4n) is 9.16. The van der Waals surface area contributed by atoms with Gasteiger partial charge in [-0.3, -0.25) is 34.3 Å². The van der Waals surface area contributed by atoms with Gasteiger partial charge < -0.3 is 24.8 Å². The summed E-state index contributed by atoms with van der Waals surface area (Å²) in [5, 5.41) is 25.5. The number of piperazine rings is 1. The molecule has 0 bridgehead atoms. The lowest BCUT2D eigenvalue weighted by Crippen LogP contribution is -2.74. The van der Waals surface area contributed by atoms with Crippen LogP contribution in [0.15, 0.2) is 48.5 Å². The summed E-state index contributed by atoms with van der Waals surface area (Å²) < 4.78 is 43.3. The van der Waals surface area contributed by atoms with Gasteiger partial charge >= 0.3 is 0 Å². The number of hydrogen-bond donors (Lipinski definition) is 3. The number of carbonyl (C=O) groups is 4. The van der Waals surface area contributed by atoms with E-state index in [0.29, 0.717) is 74.1 Å². The lowest BCUT2D eigenvalue weighted by Gasteiger charge is -2.63. The summed E-state index contributed by atoms with van der Waals surface area (Å²) in [6.07, 6.45) is -0.845. The number of halogens is 3. The SMILES string of the molecule is CC1(C)C(NC(=O)c2c(F)cc(N3CCN(CCCOc4ccc5c(c4)C(O)N(C4CCC(=O)NC4=O)C5=O)CC3)cc2F)C(C)(C)C1Oc1ccc(C#N)c(Cl)c1. The number of aliphatic hydroxyl groups is 1. The van der Waals surface area contributed by atoms with Crippen molar-refractivity contribution in [3.63, 3.8) is 0 Å². The first-order valence-electron chi connectivity index (χ1n) is 19.3. The minimum Gasteiger partial charge on any atom is -0.494 e. The van der Waals surface area contributed by atoms with E-state index in [1.807, 2.05) is 38.7 Å². The number of nitrogens with zero attached hydrogens (tertiary/aromatic N) is 4. The highest BCUT2D eigenvalue weighted by molar-refractivity contribution is 6.31. The van der Waals surface area contributed by atoms with E-state index in [0.717, 1.165) is 4.90 Å². The van der Waals surface area contributed by atoms with Crippen molar-refractivity contribution >= 4 is 40.9 Å². The van der Waals surface area contributed by atoms with Crippen LogP contribution in [0.3, 0.4) is 0 Å². The molecule has 2 atom stereocenters. The van der Waals surface area contributed by atoms with Crippen LogP contribution in [0.2, 0.25) is 5.02 Å². The molecule has 4 amide bonds. The maximum atomic E-state index is 15.5. The number of piperidine rings is 1. The van der Waals surface area contributed by atoms with Crippen LogP contribution in [-0.2, 0) is 9.59 Å². The molecule has 58 heavy (non-hydrogen) atoms. The van der Waals surface area contributed by atoms with Gasteiger partial charge in [0.15, 0.2) is 6.23 Å². The maximum absolute atomic E-state index is 15.5. The Balaban J connectivity index is 0.881. The molecule has 13 nitrogen and oxygen atoms in total. The van der Waals surface area contributed by atoms with Crippen LogP contribution in [0.4, 0.5) is 14.5 Å². The normalized spacial score (nSPS) is 23.7. The largest absolute Gasteiger partial charge is 0.494 e. The van der Waals surface area contributed by atoms with Gasteiger partial charge in [-0.2, -0.15) is 5.26 Å². The molecule has 3 fully saturated rings. The van der Waals surface area contributed by atoms with Crippen molar-refractivity contribution in [1.29, 1.82) is 5.26 Å². The van der Waals surface area contributed by atoms with Gasteiger partial charge in [0, 0.05) is 78.9 Å². The van der Waals surface area contributed by atoms with Crippen molar-refractivity contribution in [2.24, 2.45) is 10.8 Å². The van der Waals surface area contributed by atoms with E-state index in [1.165, 1.54) is 12.1 Å². The molecule has 0 aromatic heterocycles. The number of carbonyl (C=O) groups excluding carboxylic acids is 4. The van der Waals surface area contributed by atoms with Gasteiger partial charge in [-0.15, -0.1) is 0 Å². The number of hydrogen-bond acceptors (Lipinski definition) is 10. The third kappa shape index (κ3) is 7.56. The van der Waals surface area contributed by atoms with Gasteiger partial charge in [0.2, 0.25) is 11.8 Å². The standard InChI is InChI=1S/C42H45ClF2N6O7/c1-41(2)39(42(3,4)40(41)58-26-7-6-23(22-46)29(43)21-26)48-36(54)34-30(44)18-24(19-31(34)45)50-15-13-49(14-16-50)12-5-17-57-25-8-9-27-28(20-25)38(56)51(37(27)55)32-10-11-33(52)47-35(32)53/h6-9,18-21,32,38-40,56H,5,10-17H2,1-4H3,(H,48,54)(H,47,52,53). The van der Waals surface area contributed by atoms with Gasteiger partial charge in [-0.25, -0.2) is 8.78 Å². The molecule has 2 unspecified atom stereocenters. The average molecular weight is 819 g/mol. The predicted molar refractivity (Wildman–Crippen MR) is 208 cm³/mol. The first-order chi connectivity index (χ1) is 27.5. The van der Waals surface area contributed by atoms with Crippen LogP contribution in [0.5, 0.6) is 11.5 Å². The monoisotopic (exact) mass is 818 g/mol. The molecule has 306 valence electrons. The van der Waals surface area contributed by atoms with E-state index in [-0.39, 0.29) is 29.5 Å². The average Bonchev–Trinajstić information content (AvgIpc) is 3.42. The summed E-state index contributed by atoms with van der Waals surface area (Å²) in [5.74, 6) is -3.32. The van der Waals surface area contributed by atoms with Gasteiger partial charge in [-0.1, -0.05) is 39.3 Å². The summed E-state index contributed by atoms with van der Waals surface area (Å²) in [7, 11) is 0. The van der Waals surface area contributed by atoms with Gasteiger partial charge in [0.25, 0.3) is 11.8 Å². The Bertz CT molecular complexity index is 2170. The molecule has 16 heteroatoms. The Morgan fingerprint density at radius 1 is 1.00 bits per heavy atom. The number of nitriles is 1. The minimum absolute atomic E-state index is 0.0787. The van der Waals surface area contributed by atoms with E-state index in [4.69, 9.17) is 21.1 Å². The number of nitrogens with one attached hydrogen (secondary N) is 2. The highest BCUT2D eigenvalue weighted by atomic mass is 35.5. The third-order valence-electron chi connectivity index (χ3n) is 11.9. The third-order valence-corrected chi connectivity index (χ3v) is 12.2. The number of rotatable bonds is 11. The summed E-state index contributed by atoms with van der Waals surface area (Å²) in [6, 6.07) is 12.6. The van der Waals surface area contributed by atoms with Gasteiger partial charge in [0.05, 0.1) is 17.2 Å². The first-order valence-corrected chi connectivity index (χ1v) is 19.6. The van der Waals surface area contributed by atoms with E-state index >= 15 is 8.78 Å². The second-order valence-corrected chi connectivity index (χ2v) is 16.8. The smallest absolute Gasteiger partial charge is 0.257 e. The molecule has 0 radical (unpaired) electrons. The molecule has 3 heterocycles. The van der Waals surface area contributed by atoms with Crippen LogP contribution < -0.4 is 25.0 Å². The summed E-state index contributed by atoms with van der Waals surface area (Å²) in [6.45, 7) is 11.0. The van der Waals surface area contributed by atoms with Crippen LogP contribution in [0.25, 0.3) is 0 Å². The number of aliphatic hydroxyl groups excluding tert-OH is 1. The topological polar surface area (TPSA) is 165 Å². The number of imide groups is 1. The number of benzene rings is 3. The second-order valence-electron chi connectivity index (χ2n) is 16.4. The molecule has 3 aliphatic heterocycles. The zero-order valence-electron chi connectivity index (χ0n) is 32.6. The highest BCUT2D eigenvalue weighted by Crippen LogP contribution is 2.55. The van der Waals surface area contributed by atoms with Crippen molar-refractivity contribution in [3.05, 3.63) is 87.4 Å². The Labute approximate surface area is 339 Å². The van der Waals surface area contributed by atoms with Crippen molar-refractivity contribution in [2.75, 3.05) is 44.2 Å². The molecule has 0 spiro atoms. The molecule has 2 saturated heterocycles. The van der Waals surface area contributed by atoms with Gasteiger partial charge in [-0.05, 0) is 55.3 Å². The van der Waals surface area contributed by atoms with Crippen LogP contribution >= 0.6 is 11.6 Å². The van der Waals surface area contributed by atoms with Crippen molar-refractivity contribution < 1.29 is 42.5 Å². The predicted octanol–water partition coefficient (Wildman–Crippen LogP) is 4.94. The van der Waals surface area contributed by atoms with Gasteiger partial charge in [0.1, 0.15) is 46.9 Å². The Hall–Kier alpha value is -5.30. The number of fused-ring (bicyclic) bond motifs is 1. The fourth-order valence-corrected chi connectivity index (χ4v) is 9.38. The lowest BCUT2D eigenvalue weighted by atomic mass is 9.49. The van der Waals surface area contributed by atoms with Crippen molar-refractivity contribution in [2.45, 2.75) is 71.4 Å². The Kier molecular flexibility index (Phi) is 11.1. The molecule has 7 rings (SSSR count).